The van der Waals surface area contributed by atoms with E-state index in [1.165, 1.54) is 36.8 Å². The molecule has 0 radical (unpaired) electrons. The van der Waals surface area contributed by atoms with E-state index < -0.39 is 54.9 Å². The van der Waals surface area contributed by atoms with Crippen molar-refractivity contribution in [2.24, 2.45) is 0 Å². The molecule has 0 spiro atoms. The summed E-state index contributed by atoms with van der Waals surface area (Å²) in [5.74, 6) is -4.70. The first-order chi connectivity index (χ1) is 20.6. The number of rotatable bonds is 8. The molecule has 0 aromatic carbocycles. The number of hydrogen-bond donors (Lipinski definition) is 9. The number of aromatic carboxylic acids is 3. The van der Waals surface area contributed by atoms with Crippen LogP contribution in [0.5, 0.6) is 0 Å². The molecule has 3 rings (SSSR count). The van der Waals surface area contributed by atoms with Crippen molar-refractivity contribution in [1.29, 1.82) is 0 Å². The van der Waals surface area contributed by atoms with Gasteiger partial charge in [0, 0.05) is 35.7 Å². The minimum absolute atomic E-state index is 0. The van der Waals surface area contributed by atoms with Gasteiger partial charge in [-0.2, -0.15) is 0 Å². The number of aromatic nitrogens is 3. The summed E-state index contributed by atoms with van der Waals surface area (Å²) in [5, 5.41) is 76.8. The fraction of sp³-hybridized carbons (Fsp3) is 0.296. The molecule has 0 unspecified atom stereocenters. The van der Waals surface area contributed by atoms with Crippen molar-refractivity contribution in [3.8, 4) is 0 Å². The molecule has 16 nitrogen and oxygen atoms in total. The van der Waals surface area contributed by atoms with Crippen molar-refractivity contribution in [3.63, 3.8) is 0 Å². The Kier molecular flexibility index (Phi) is 27.2. The van der Waals surface area contributed by atoms with Gasteiger partial charge in [0.1, 0.15) is 35.4 Å². The number of aliphatic hydroxyl groups is 5. The number of carboxylic acid groups (broad SMARTS) is 4. The zero-order valence-corrected chi connectivity index (χ0v) is 26.5. The van der Waals surface area contributed by atoms with E-state index in [0.29, 0.717) is 0 Å². The summed E-state index contributed by atoms with van der Waals surface area (Å²) in [7, 11) is 0. The molecule has 18 heteroatoms. The average Bonchev–Trinajstić information content (AvgIpc) is 3.01. The summed E-state index contributed by atoms with van der Waals surface area (Å²) in [5.41, 5.74) is 0.243. The molecular weight excluding hydrogens is 678 g/mol. The Hall–Kier alpha value is -3.64. The maximum absolute atomic E-state index is 10.1. The van der Waals surface area contributed by atoms with E-state index in [2.05, 4.69) is 49.2 Å². The van der Waals surface area contributed by atoms with Crippen LogP contribution in [-0.4, -0.2) is 116 Å². The molecule has 0 fully saturated rings. The number of aliphatic hydroxyl groups excluding tert-OH is 5. The van der Waals surface area contributed by atoms with E-state index in [1.807, 2.05) is 0 Å². The second-order valence-corrected chi connectivity index (χ2v) is 10.0. The van der Waals surface area contributed by atoms with Gasteiger partial charge in [-0.05, 0) is 36.4 Å². The van der Waals surface area contributed by atoms with E-state index >= 15 is 0 Å². The molecule has 0 bridgehead atoms. The summed E-state index contributed by atoms with van der Waals surface area (Å²) in [6.45, 7) is 3.49. The third-order valence-electron chi connectivity index (χ3n) is 4.16. The number of hydrogen-bond acceptors (Lipinski definition) is 12. The molecule has 0 saturated heterocycles. The number of nitrogens with zero attached hydrogens (tertiary/aromatic N) is 3. The van der Waals surface area contributed by atoms with Gasteiger partial charge in [0.15, 0.2) is 6.10 Å². The fourth-order valence-corrected chi connectivity index (χ4v) is 2.14. The summed E-state index contributed by atoms with van der Waals surface area (Å²) < 4.78 is 0.833. The Morgan fingerprint density at radius 2 is 0.933 bits per heavy atom. The van der Waals surface area contributed by atoms with Gasteiger partial charge < -0.3 is 46.0 Å². The van der Waals surface area contributed by atoms with Gasteiger partial charge in [0.2, 0.25) is 0 Å². The van der Waals surface area contributed by atoms with Crippen molar-refractivity contribution >= 4 is 23.9 Å². The molecule has 4 atom stereocenters. The van der Waals surface area contributed by atoms with Crippen LogP contribution in [-0.2, 0) is 42.3 Å². The van der Waals surface area contributed by atoms with Crippen LogP contribution in [0.2, 0.25) is 4.22 Å². The van der Waals surface area contributed by atoms with Gasteiger partial charge in [0.25, 0.3) is 0 Å². The third-order valence-corrected chi connectivity index (χ3v) is 4.16. The van der Waals surface area contributed by atoms with E-state index in [1.54, 1.807) is 36.4 Å². The molecule has 3 aromatic heterocycles. The first kappa shape index (κ1) is 45.8. The maximum atomic E-state index is 10.1. The summed E-state index contributed by atoms with van der Waals surface area (Å²) in [6.07, 6.45) is -3.49. The van der Waals surface area contributed by atoms with E-state index in [4.69, 9.17) is 46.0 Å². The quantitative estimate of drug-likeness (QED) is 0.141. The molecule has 0 aliphatic carbocycles. The predicted molar refractivity (Wildman–Crippen MR) is 147 cm³/mol. The second-order valence-electron chi connectivity index (χ2n) is 8.23. The Morgan fingerprint density at radius 3 is 1.09 bits per heavy atom. The molecule has 3 heterocycles. The average molecular weight is 712 g/mol. The Labute approximate surface area is 280 Å². The van der Waals surface area contributed by atoms with E-state index in [9.17, 15) is 19.2 Å². The summed E-state index contributed by atoms with van der Waals surface area (Å²) >= 11 is 2.17. The zero-order valence-electron chi connectivity index (χ0n) is 23.9. The molecule has 0 amide bonds. The minimum atomic E-state index is -2.20. The standard InChI is InChI=1S/3C6H5NO2.C6H12O7.C3H7.Fe.Ti/c3*8-6(9)5-3-1-2-4-7-5;7-1-2(8)3(9)4(10)5(11)6(12)13;1-3-2;;/h3*1-4H,(H,8,9);2-5,7-11H,1H2,(H,12,13);3H,1-2H3;;/t;;;2-,3-,4+,5-;;;/m...1.../s1. The molecular formula is C27H34FeN3O13Ti. The smallest absolute Gasteiger partial charge is 0.354 e. The van der Waals surface area contributed by atoms with Crippen LogP contribution in [0.15, 0.2) is 73.2 Å². The van der Waals surface area contributed by atoms with Crippen molar-refractivity contribution in [1.82, 2.24) is 15.0 Å². The first-order valence-electron chi connectivity index (χ1n) is 12.3. The van der Waals surface area contributed by atoms with Crippen molar-refractivity contribution in [2.45, 2.75) is 42.5 Å². The van der Waals surface area contributed by atoms with Gasteiger partial charge in [-0.3, -0.25) is 0 Å². The second kappa shape index (κ2) is 26.7. The van der Waals surface area contributed by atoms with Crippen LogP contribution in [0.4, 0.5) is 0 Å². The summed E-state index contributed by atoms with van der Waals surface area (Å²) in [4.78, 5) is 51.2. The maximum Gasteiger partial charge on any atom is 0.354 e. The van der Waals surface area contributed by atoms with Crippen LogP contribution in [0, 0.1) is 0 Å². The Balaban J connectivity index is -0.000000503. The first-order valence-corrected chi connectivity index (χ1v) is 13.2. The van der Waals surface area contributed by atoms with Gasteiger partial charge >= 0.3 is 62.4 Å². The number of aliphatic carboxylic acids is 1. The molecule has 0 aliphatic rings. The molecule has 247 valence electrons. The number of carboxylic acids is 4. The van der Waals surface area contributed by atoms with Gasteiger partial charge in [-0.25, -0.2) is 34.1 Å². The molecule has 0 saturated carbocycles. The molecule has 9 N–H and O–H groups in total. The minimum Gasteiger partial charge on any atom is -0.479 e. The van der Waals surface area contributed by atoms with Crippen LogP contribution >= 0.6 is 0 Å². The van der Waals surface area contributed by atoms with Crippen LogP contribution in [0.3, 0.4) is 0 Å². The normalized spacial score (nSPS) is 12.0. The van der Waals surface area contributed by atoms with Gasteiger partial charge in [-0.15, -0.1) is 0 Å². The predicted octanol–water partition coefficient (Wildman–Crippen LogP) is 0.205. The monoisotopic (exact) mass is 712 g/mol. The van der Waals surface area contributed by atoms with Crippen LogP contribution in [0.25, 0.3) is 0 Å². The van der Waals surface area contributed by atoms with Gasteiger partial charge in [-0.1, -0.05) is 18.2 Å². The van der Waals surface area contributed by atoms with Crippen molar-refractivity contribution in [3.05, 3.63) is 90.3 Å². The van der Waals surface area contributed by atoms with E-state index in [0.717, 1.165) is 4.22 Å². The molecule has 45 heavy (non-hydrogen) atoms. The third kappa shape index (κ3) is 23.4. The van der Waals surface area contributed by atoms with Gasteiger partial charge in [0.05, 0.1) is 6.61 Å². The van der Waals surface area contributed by atoms with Crippen LogP contribution in [0.1, 0.15) is 45.3 Å². The van der Waals surface area contributed by atoms with E-state index in [-0.39, 0.29) is 34.2 Å². The van der Waals surface area contributed by atoms with Crippen molar-refractivity contribution in [2.75, 3.05) is 6.61 Å². The van der Waals surface area contributed by atoms with Crippen molar-refractivity contribution < 1.29 is 103 Å². The topological polar surface area (TPSA) is 289 Å². The largest absolute Gasteiger partial charge is 0.479 e. The number of carbonyl (C=O) groups is 4. The molecule has 0 aliphatic heterocycles. The SMILES string of the molecule is C[CH](C)[Ti].O=C(O)[C@H](O)[C@@H](O)[C@H](O)[C@H](O)CO.O=C(O)c1ccccn1.O=C(O)c1ccccn1.O=C(O)c1ccccn1.[Fe]. The molecule has 3 aromatic rings. The Bertz CT molecular complexity index is 1110. The number of pyridine rings is 3. The van der Waals surface area contributed by atoms with Crippen LogP contribution < -0.4 is 0 Å². The zero-order chi connectivity index (χ0) is 34.2. The summed E-state index contributed by atoms with van der Waals surface area (Å²) in [6, 6.07) is 14.3. The Morgan fingerprint density at radius 1 is 0.644 bits per heavy atom. The fourth-order valence-electron chi connectivity index (χ4n) is 2.14.